The molecule has 0 spiro atoms. The number of ether oxygens (including phenoxy) is 1. The van der Waals surface area contributed by atoms with Crippen molar-refractivity contribution in [3.05, 3.63) is 80.9 Å². The SMILES string of the molecule is Cc1cccc2c(=O)n(CC(=O)OC(C)c3nc4ccccc4c(=O)[nH]3)cnc12. The Labute approximate surface area is 164 Å². The van der Waals surface area contributed by atoms with Gasteiger partial charge >= 0.3 is 5.97 Å². The van der Waals surface area contributed by atoms with Crippen LogP contribution in [-0.4, -0.2) is 25.5 Å². The number of fused-ring (bicyclic) bond motifs is 2. The van der Waals surface area contributed by atoms with E-state index in [4.69, 9.17) is 4.74 Å². The lowest BCUT2D eigenvalue weighted by atomic mass is 10.1. The maximum absolute atomic E-state index is 12.6. The maximum atomic E-state index is 12.6. The fourth-order valence-electron chi connectivity index (χ4n) is 3.18. The van der Waals surface area contributed by atoms with E-state index < -0.39 is 12.1 Å². The molecule has 0 aliphatic rings. The maximum Gasteiger partial charge on any atom is 0.326 e. The minimum atomic E-state index is -0.786. The smallest absolute Gasteiger partial charge is 0.326 e. The lowest BCUT2D eigenvalue weighted by Crippen LogP contribution is -2.27. The first-order valence-corrected chi connectivity index (χ1v) is 9.07. The number of hydrogen-bond donors (Lipinski definition) is 1. The second kappa shape index (κ2) is 7.31. The van der Waals surface area contributed by atoms with E-state index in [1.807, 2.05) is 13.0 Å². The predicted molar refractivity (Wildman–Crippen MR) is 108 cm³/mol. The van der Waals surface area contributed by atoms with E-state index in [-0.39, 0.29) is 23.5 Å². The largest absolute Gasteiger partial charge is 0.453 e. The Morgan fingerprint density at radius 2 is 1.90 bits per heavy atom. The summed E-state index contributed by atoms with van der Waals surface area (Å²) in [4.78, 5) is 48.4. The van der Waals surface area contributed by atoms with Crippen molar-refractivity contribution >= 4 is 27.8 Å². The Morgan fingerprint density at radius 3 is 2.72 bits per heavy atom. The fourth-order valence-corrected chi connectivity index (χ4v) is 3.18. The number of nitrogens with zero attached hydrogens (tertiary/aromatic N) is 3. The third kappa shape index (κ3) is 3.52. The molecule has 1 N–H and O–H groups in total. The Morgan fingerprint density at radius 1 is 1.14 bits per heavy atom. The average molecular weight is 390 g/mol. The van der Waals surface area contributed by atoms with E-state index in [2.05, 4.69) is 15.0 Å². The monoisotopic (exact) mass is 390 g/mol. The molecule has 0 saturated carbocycles. The first-order chi connectivity index (χ1) is 13.9. The summed E-state index contributed by atoms with van der Waals surface area (Å²) in [5.41, 5.74) is 1.38. The topological polar surface area (TPSA) is 107 Å². The van der Waals surface area contributed by atoms with Crippen molar-refractivity contribution in [2.45, 2.75) is 26.5 Å². The molecular weight excluding hydrogens is 372 g/mol. The highest BCUT2D eigenvalue weighted by molar-refractivity contribution is 5.81. The molecule has 0 aliphatic heterocycles. The summed E-state index contributed by atoms with van der Waals surface area (Å²) >= 11 is 0. The van der Waals surface area contributed by atoms with Gasteiger partial charge in [0, 0.05) is 0 Å². The Kier molecular flexibility index (Phi) is 4.67. The highest BCUT2D eigenvalue weighted by atomic mass is 16.5. The van der Waals surface area contributed by atoms with Crippen molar-refractivity contribution in [3.8, 4) is 0 Å². The van der Waals surface area contributed by atoms with Gasteiger partial charge in [0.1, 0.15) is 6.54 Å². The van der Waals surface area contributed by atoms with Gasteiger partial charge in [-0.2, -0.15) is 0 Å². The van der Waals surface area contributed by atoms with E-state index in [0.29, 0.717) is 21.8 Å². The van der Waals surface area contributed by atoms with Crippen LogP contribution in [0.1, 0.15) is 24.4 Å². The summed E-state index contributed by atoms with van der Waals surface area (Å²) in [7, 11) is 0. The summed E-state index contributed by atoms with van der Waals surface area (Å²) in [6, 6.07) is 12.2. The van der Waals surface area contributed by atoms with Crippen LogP contribution < -0.4 is 11.1 Å². The predicted octanol–water partition coefficient (Wildman–Crippen LogP) is 2.25. The van der Waals surface area contributed by atoms with Crippen LogP contribution >= 0.6 is 0 Å². The van der Waals surface area contributed by atoms with E-state index in [1.165, 1.54) is 10.9 Å². The van der Waals surface area contributed by atoms with Gasteiger partial charge in [-0.15, -0.1) is 0 Å². The highest BCUT2D eigenvalue weighted by Gasteiger charge is 2.17. The Bertz CT molecular complexity index is 1360. The molecule has 0 aliphatic carbocycles. The molecule has 2 aromatic carbocycles. The summed E-state index contributed by atoms with van der Waals surface area (Å²) < 4.78 is 6.58. The third-order valence-corrected chi connectivity index (χ3v) is 4.68. The van der Waals surface area contributed by atoms with Crippen LogP contribution in [-0.2, 0) is 16.1 Å². The van der Waals surface area contributed by atoms with Crippen molar-refractivity contribution in [1.82, 2.24) is 19.5 Å². The molecular formula is C21H18N4O4. The van der Waals surface area contributed by atoms with E-state index in [0.717, 1.165) is 5.56 Å². The molecule has 0 fully saturated rings. The minimum absolute atomic E-state index is 0.238. The lowest BCUT2D eigenvalue weighted by molar-refractivity contribution is -0.149. The molecule has 8 heteroatoms. The van der Waals surface area contributed by atoms with Crippen LogP contribution in [0, 0.1) is 6.92 Å². The second-order valence-corrected chi connectivity index (χ2v) is 6.75. The number of para-hydroxylation sites is 2. The lowest BCUT2D eigenvalue weighted by Gasteiger charge is -2.14. The van der Waals surface area contributed by atoms with Crippen molar-refractivity contribution < 1.29 is 9.53 Å². The number of H-pyrrole nitrogens is 1. The quantitative estimate of drug-likeness (QED) is 0.536. The summed E-state index contributed by atoms with van der Waals surface area (Å²) in [5, 5.41) is 0.896. The molecule has 29 heavy (non-hydrogen) atoms. The minimum Gasteiger partial charge on any atom is -0.453 e. The van der Waals surface area contributed by atoms with E-state index in [9.17, 15) is 14.4 Å². The summed E-state index contributed by atoms with van der Waals surface area (Å²) in [6.07, 6.45) is 0.547. The summed E-state index contributed by atoms with van der Waals surface area (Å²) in [5.74, 6) is -0.397. The average Bonchev–Trinajstić information content (AvgIpc) is 2.70. The van der Waals surface area contributed by atoms with E-state index >= 15 is 0 Å². The van der Waals surface area contributed by atoms with Gasteiger partial charge in [0.2, 0.25) is 0 Å². The number of aromatic amines is 1. The number of aromatic nitrogens is 4. The molecule has 2 aromatic heterocycles. The number of carbonyl (C=O) groups excluding carboxylic acids is 1. The normalized spacial score (nSPS) is 12.2. The van der Waals surface area contributed by atoms with Gasteiger partial charge in [-0.25, -0.2) is 9.97 Å². The molecule has 1 unspecified atom stereocenters. The third-order valence-electron chi connectivity index (χ3n) is 4.68. The van der Waals surface area contributed by atoms with Crippen LogP contribution in [0.15, 0.2) is 58.4 Å². The molecule has 4 rings (SSSR count). The van der Waals surface area contributed by atoms with Gasteiger partial charge in [0.15, 0.2) is 11.9 Å². The van der Waals surface area contributed by atoms with Crippen LogP contribution in [0.3, 0.4) is 0 Å². The van der Waals surface area contributed by atoms with E-state index in [1.54, 1.807) is 43.3 Å². The molecule has 2 heterocycles. The number of nitrogens with one attached hydrogen (secondary N) is 1. The molecule has 8 nitrogen and oxygen atoms in total. The molecule has 4 aromatic rings. The Balaban J connectivity index is 1.56. The van der Waals surface area contributed by atoms with Gasteiger partial charge < -0.3 is 9.72 Å². The molecule has 0 radical (unpaired) electrons. The van der Waals surface area contributed by atoms with Crippen molar-refractivity contribution in [1.29, 1.82) is 0 Å². The zero-order valence-corrected chi connectivity index (χ0v) is 15.9. The number of rotatable bonds is 4. The number of carbonyl (C=O) groups is 1. The number of esters is 1. The van der Waals surface area contributed by atoms with Gasteiger partial charge in [0.25, 0.3) is 11.1 Å². The zero-order chi connectivity index (χ0) is 20.5. The number of benzene rings is 2. The van der Waals surface area contributed by atoms with Crippen molar-refractivity contribution in [2.75, 3.05) is 0 Å². The Hall–Kier alpha value is -3.81. The van der Waals surface area contributed by atoms with Crippen LogP contribution in [0.25, 0.3) is 21.8 Å². The van der Waals surface area contributed by atoms with Gasteiger partial charge in [-0.1, -0.05) is 24.3 Å². The van der Waals surface area contributed by atoms with Gasteiger partial charge in [-0.05, 0) is 37.6 Å². The molecule has 146 valence electrons. The van der Waals surface area contributed by atoms with Crippen LogP contribution in [0.4, 0.5) is 0 Å². The fraction of sp³-hybridized carbons (Fsp3) is 0.190. The first kappa shape index (κ1) is 18.5. The standard InChI is InChI=1S/C21H18N4O4/c1-12-6-5-8-15-18(12)22-11-25(21(15)28)10-17(26)29-13(2)19-23-16-9-4-3-7-14(16)20(27)24-19/h3-9,11,13H,10H2,1-2H3,(H,23,24,27). The van der Waals surface area contributed by atoms with Crippen LogP contribution in [0.2, 0.25) is 0 Å². The first-order valence-electron chi connectivity index (χ1n) is 9.07. The molecule has 0 saturated heterocycles. The van der Waals surface area contributed by atoms with Gasteiger partial charge in [0.05, 0.1) is 28.1 Å². The molecule has 1 atom stereocenters. The van der Waals surface area contributed by atoms with Crippen molar-refractivity contribution in [2.24, 2.45) is 0 Å². The number of hydrogen-bond acceptors (Lipinski definition) is 6. The summed E-state index contributed by atoms with van der Waals surface area (Å²) in [6.45, 7) is 3.18. The molecule has 0 bridgehead atoms. The van der Waals surface area contributed by atoms with Crippen LogP contribution in [0.5, 0.6) is 0 Å². The number of aryl methyl sites for hydroxylation is 1. The second-order valence-electron chi connectivity index (χ2n) is 6.75. The molecule has 0 amide bonds. The van der Waals surface area contributed by atoms with Gasteiger partial charge in [-0.3, -0.25) is 19.0 Å². The zero-order valence-electron chi connectivity index (χ0n) is 15.9. The highest BCUT2D eigenvalue weighted by Crippen LogP contribution is 2.15. The van der Waals surface area contributed by atoms with Crippen molar-refractivity contribution in [3.63, 3.8) is 0 Å².